The summed E-state index contributed by atoms with van der Waals surface area (Å²) >= 11 is 0. The molecule has 2 atom stereocenters. The average Bonchev–Trinajstić information content (AvgIpc) is 3.63. The van der Waals surface area contributed by atoms with Crippen LogP contribution in [0.1, 0.15) is 26.5 Å². The number of hydrogen-bond acceptors (Lipinski definition) is 8. The zero-order chi connectivity index (χ0) is 33.5. The van der Waals surface area contributed by atoms with Gasteiger partial charge in [-0.1, -0.05) is 0 Å². The Labute approximate surface area is 263 Å². The lowest BCUT2D eigenvalue weighted by Gasteiger charge is -2.35. The summed E-state index contributed by atoms with van der Waals surface area (Å²) in [5, 5.41) is 25.4. The number of carboxylic acid groups (broad SMARTS) is 1. The van der Waals surface area contributed by atoms with Crippen LogP contribution < -0.4 is 20.7 Å². The molecule has 4 amide bonds. The third-order valence-electron chi connectivity index (χ3n) is 7.79. The van der Waals surface area contributed by atoms with Crippen molar-refractivity contribution < 1.29 is 42.9 Å². The molecule has 0 aliphatic carbocycles. The largest absolute Gasteiger partial charge is 0.494 e. The minimum Gasteiger partial charge on any atom is -0.494 e. The molecule has 246 valence electrons. The first-order valence-corrected chi connectivity index (χ1v) is 14.3. The van der Waals surface area contributed by atoms with Crippen molar-refractivity contribution in [1.82, 2.24) is 30.0 Å². The van der Waals surface area contributed by atoms with Gasteiger partial charge in [-0.25, -0.2) is 14.2 Å². The molecule has 2 fully saturated rings. The molecule has 2 aliphatic heterocycles. The Morgan fingerprint density at radius 3 is 2.35 bits per heavy atom. The van der Waals surface area contributed by atoms with Gasteiger partial charge in [0.15, 0.2) is 17.4 Å². The molecule has 46 heavy (non-hydrogen) atoms. The molecule has 1 aromatic heterocycles. The first-order chi connectivity index (χ1) is 22.0. The van der Waals surface area contributed by atoms with Crippen LogP contribution in [0.15, 0.2) is 36.5 Å². The minimum absolute atomic E-state index is 0.0240. The van der Waals surface area contributed by atoms with Crippen molar-refractivity contribution in [3.05, 3.63) is 65.1 Å². The third-order valence-corrected chi connectivity index (χ3v) is 7.79. The van der Waals surface area contributed by atoms with Gasteiger partial charge in [-0.3, -0.25) is 14.4 Å². The van der Waals surface area contributed by atoms with E-state index < -0.39 is 23.6 Å². The molecule has 5 rings (SSSR count). The van der Waals surface area contributed by atoms with E-state index in [0.29, 0.717) is 56.1 Å². The predicted octanol–water partition coefficient (Wildman–Crippen LogP) is 1.44. The molecule has 14 nitrogen and oxygen atoms in total. The van der Waals surface area contributed by atoms with Gasteiger partial charge < -0.3 is 45.3 Å². The number of amides is 4. The van der Waals surface area contributed by atoms with Crippen LogP contribution in [0.3, 0.4) is 0 Å². The monoisotopic (exact) mass is 643 g/mol. The number of benzene rings is 2. The summed E-state index contributed by atoms with van der Waals surface area (Å²) in [6, 6.07) is 6.93. The Kier molecular flexibility index (Phi) is 10.9. The number of nitrogens with one attached hydrogen (secondary N) is 3. The number of aliphatic hydroxyl groups is 1. The number of urea groups is 1. The fourth-order valence-corrected chi connectivity index (χ4v) is 5.27. The molecule has 16 heteroatoms. The number of anilines is 1. The van der Waals surface area contributed by atoms with Crippen molar-refractivity contribution in [2.75, 3.05) is 51.7 Å². The molecule has 3 aromatic rings. The zero-order valence-corrected chi connectivity index (χ0v) is 25.4. The van der Waals surface area contributed by atoms with Gasteiger partial charge >= 0.3 is 6.03 Å². The first-order valence-electron chi connectivity index (χ1n) is 14.3. The van der Waals surface area contributed by atoms with Crippen molar-refractivity contribution in [1.29, 1.82) is 0 Å². The Balaban J connectivity index is 0.00000154. The quantitative estimate of drug-likeness (QED) is 0.249. The number of aliphatic hydroxyl groups excluding tert-OH is 1. The lowest BCUT2D eigenvalue weighted by molar-refractivity contribution is -0.122. The van der Waals surface area contributed by atoms with Crippen LogP contribution in [0.4, 0.5) is 19.3 Å². The highest BCUT2D eigenvalue weighted by molar-refractivity contribution is 6.03. The summed E-state index contributed by atoms with van der Waals surface area (Å²) < 4.78 is 35.0. The van der Waals surface area contributed by atoms with Gasteiger partial charge in [0.1, 0.15) is 0 Å². The van der Waals surface area contributed by atoms with E-state index in [-0.39, 0.29) is 47.3 Å². The Morgan fingerprint density at radius 2 is 1.74 bits per heavy atom. The number of β-amino-alcohol motifs (C(OH)–C–C–N with tert-alkyl or cyclic N) is 1. The SMILES string of the molecule is COc1ccc(-c2cnc(C(=O)Nc3ccc(C(=O)N4CCN(C(=O)N[C@H]5CNC[C@@H]5O)CC4)c(C)c3)n2C)c(F)c1F.O=CO. The van der Waals surface area contributed by atoms with E-state index in [1.165, 1.54) is 37.1 Å². The molecule has 0 radical (unpaired) electrons. The normalized spacial score (nSPS) is 17.5. The van der Waals surface area contributed by atoms with Crippen molar-refractivity contribution in [3.63, 3.8) is 0 Å². The van der Waals surface area contributed by atoms with Crippen molar-refractivity contribution in [2.24, 2.45) is 7.05 Å². The molecule has 0 bridgehead atoms. The number of carbonyl (C=O) groups excluding carboxylic acids is 3. The van der Waals surface area contributed by atoms with Crippen LogP contribution in [-0.4, -0.2) is 112 Å². The molecule has 0 spiro atoms. The number of aryl methyl sites for hydroxylation is 1. The number of aromatic nitrogens is 2. The van der Waals surface area contributed by atoms with E-state index >= 15 is 0 Å². The number of hydrogen-bond donors (Lipinski definition) is 5. The minimum atomic E-state index is -1.14. The van der Waals surface area contributed by atoms with E-state index in [1.54, 1.807) is 34.9 Å². The molecule has 2 aromatic carbocycles. The van der Waals surface area contributed by atoms with Gasteiger partial charge in [-0.2, -0.15) is 4.39 Å². The summed E-state index contributed by atoms with van der Waals surface area (Å²) in [6.45, 7) is 3.89. The average molecular weight is 644 g/mol. The Bertz CT molecular complexity index is 1610. The second-order valence-corrected chi connectivity index (χ2v) is 10.6. The van der Waals surface area contributed by atoms with Gasteiger partial charge in [-0.15, -0.1) is 0 Å². The predicted molar refractivity (Wildman–Crippen MR) is 162 cm³/mol. The van der Waals surface area contributed by atoms with Crippen LogP contribution in [-0.2, 0) is 11.8 Å². The molecule has 5 N–H and O–H groups in total. The molecule has 3 heterocycles. The molecular formula is C30H35F2N7O7. The van der Waals surface area contributed by atoms with Crippen LogP contribution in [0.2, 0.25) is 0 Å². The summed E-state index contributed by atoms with van der Waals surface area (Å²) in [7, 11) is 2.76. The van der Waals surface area contributed by atoms with Crippen molar-refractivity contribution in [3.8, 4) is 17.0 Å². The molecular weight excluding hydrogens is 608 g/mol. The van der Waals surface area contributed by atoms with Gasteiger partial charge in [0, 0.05) is 63.1 Å². The fraction of sp³-hybridized carbons (Fsp3) is 0.367. The van der Waals surface area contributed by atoms with E-state index in [4.69, 9.17) is 14.6 Å². The topological polar surface area (TPSA) is 178 Å². The van der Waals surface area contributed by atoms with Gasteiger partial charge in [-0.05, 0) is 42.8 Å². The Hall–Kier alpha value is -5.09. The second-order valence-electron chi connectivity index (χ2n) is 10.6. The molecule has 2 aliphatic rings. The second kappa shape index (κ2) is 14.8. The number of rotatable bonds is 6. The van der Waals surface area contributed by atoms with E-state index in [0.717, 1.165) is 0 Å². The first kappa shape index (κ1) is 33.8. The summed E-state index contributed by atoms with van der Waals surface area (Å²) in [4.78, 5) is 54.6. The van der Waals surface area contributed by atoms with Crippen molar-refractivity contribution in [2.45, 2.75) is 19.1 Å². The number of ether oxygens (including phenoxy) is 1. The standard InChI is InChI=1S/C29H33F2N7O5.CH2O2/c1-16-12-17(34-27(40)26-33-14-21(36(26)2)19-6-7-23(43-3)25(31)24(19)30)4-5-18(16)28(41)37-8-10-38(11-9-37)29(42)35-20-13-32-15-22(20)39;2-1-3/h4-7,12,14,20,22,32,39H,8-11,13,15H2,1-3H3,(H,34,40)(H,35,42);1H,(H,2,3)/t20-,22-;/m0./s1. The summed E-state index contributed by atoms with van der Waals surface area (Å²) in [6.07, 6.45) is 0.656. The number of piperazine rings is 1. The highest BCUT2D eigenvalue weighted by atomic mass is 19.2. The van der Waals surface area contributed by atoms with Crippen molar-refractivity contribution >= 4 is 30.0 Å². The molecule has 0 saturated carbocycles. The number of methoxy groups -OCH3 is 1. The smallest absolute Gasteiger partial charge is 0.317 e. The maximum Gasteiger partial charge on any atom is 0.317 e. The lowest BCUT2D eigenvalue weighted by atomic mass is 10.1. The van der Waals surface area contributed by atoms with Crippen LogP contribution >= 0.6 is 0 Å². The number of carbonyl (C=O) groups is 4. The van der Waals surface area contributed by atoms with E-state index in [2.05, 4.69) is 20.9 Å². The summed E-state index contributed by atoms with van der Waals surface area (Å²) in [5.74, 6) is -3.27. The van der Waals surface area contributed by atoms with Gasteiger partial charge in [0.05, 0.1) is 31.1 Å². The van der Waals surface area contributed by atoms with E-state index in [9.17, 15) is 28.3 Å². The number of nitrogens with zero attached hydrogens (tertiary/aromatic N) is 4. The highest BCUT2D eigenvalue weighted by Crippen LogP contribution is 2.30. The number of halogens is 2. The fourth-order valence-electron chi connectivity index (χ4n) is 5.27. The molecule has 0 unspecified atom stereocenters. The highest BCUT2D eigenvalue weighted by Gasteiger charge is 2.30. The molecule has 2 saturated heterocycles. The zero-order valence-electron chi connectivity index (χ0n) is 25.4. The van der Waals surface area contributed by atoms with Gasteiger partial charge in [0.25, 0.3) is 18.3 Å². The van der Waals surface area contributed by atoms with Crippen LogP contribution in [0, 0.1) is 18.6 Å². The van der Waals surface area contributed by atoms with Crippen LogP contribution in [0.5, 0.6) is 5.75 Å². The summed E-state index contributed by atoms with van der Waals surface area (Å²) in [5.41, 5.74) is 1.66. The maximum atomic E-state index is 14.6. The lowest BCUT2D eigenvalue weighted by Crippen LogP contribution is -2.56. The third kappa shape index (κ3) is 7.24. The Morgan fingerprint density at radius 1 is 1.07 bits per heavy atom. The van der Waals surface area contributed by atoms with E-state index in [1.807, 2.05) is 0 Å². The van der Waals surface area contributed by atoms with Gasteiger partial charge in [0.2, 0.25) is 5.82 Å². The maximum absolute atomic E-state index is 14.6. The van der Waals surface area contributed by atoms with Crippen LogP contribution in [0.25, 0.3) is 11.3 Å². The number of imidazole rings is 1.